The zero-order chi connectivity index (χ0) is 15.5. The van der Waals surface area contributed by atoms with Crippen molar-refractivity contribution in [2.24, 2.45) is 0 Å². The standard InChI is InChI=1S/C13H10ClF3O3/c1-7(18)10(6-20-2)12(19)9-4-3-8(5-11(9)14)13(15,16)17/h3-6H,1-2H3. The summed E-state index contributed by atoms with van der Waals surface area (Å²) in [6.45, 7) is 1.14. The molecule has 0 spiro atoms. The number of rotatable bonds is 4. The summed E-state index contributed by atoms with van der Waals surface area (Å²) >= 11 is 5.68. The maximum Gasteiger partial charge on any atom is 0.416 e. The number of halogens is 4. The number of alkyl halides is 3. The first kappa shape index (κ1) is 16.2. The van der Waals surface area contributed by atoms with Gasteiger partial charge in [-0.2, -0.15) is 13.2 Å². The van der Waals surface area contributed by atoms with E-state index < -0.39 is 23.3 Å². The van der Waals surface area contributed by atoms with Crippen LogP contribution in [0.5, 0.6) is 0 Å². The minimum Gasteiger partial charge on any atom is -0.503 e. The first-order valence-electron chi connectivity index (χ1n) is 5.33. The molecular formula is C13H10ClF3O3. The Bertz CT molecular complexity index is 577. The fourth-order valence-electron chi connectivity index (χ4n) is 1.43. The van der Waals surface area contributed by atoms with E-state index in [0.717, 1.165) is 25.3 Å². The number of hydrogen-bond acceptors (Lipinski definition) is 3. The number of hydrogen-bond donors (Lipinski definition) is 0. The van der Waals surface area contributed by atoms with E-state index in [0.29, 0.717) is 6.07 Å². The number of carbonyl (C=O) groups is 2. The van der Waals surface area contributed by atoms with Gasteiger partial charge in [0.25, 0.3) is 0 Å². The highest BCUT2D eigenvalue weighted by molar-refractivity contribution is 6.37. The van der Waals surface area contributed by atoms with E-state index in [-0.39, 0.29) is 16.2 Å². The third-order valence-electron chi connectivity index (χ3n) is 2.40. The van der Waals surface area contributed by atoms with Crippen LogP contribution >= 0.6 is 11.6 Å². The van der Waals surface area contributed by atoms with Crippen molar-refractivity contribution in [1.29, 1.82) is 0 Å². The number of ether oxygens (including phenoxy) is 1. The lowest BCUT2D eigenvalue weighted by Crippen LogP contribution is -2.13. The van der Waals surface area contributed by atoms with Crippen molar-refractivity contribution >= 4 is 23.2 Å². The van der Waals surface area contributed by atoms with Crippen LogP contribution in [0.3, 0.4) is 0 Å². The summed E-state index contributed by atoms with van der Waals surface area (Å²) in [4.78, 5) is 23.3. The highest BCUT2D eigenvalue weighted by Crippen LogP contribution is 2.32. The molecular weight excluding hydrogens is 297 g/mol. The van der Waals surface area contributed by atoms with E-state index in [1.54, 1.807) is 0 Å². The molecule has 1 aromatic rings. The smallest absolute Gasteiger partial charge is 0.416 e. The minimum atomic E-state index is -4.56. The Morgan fingerprint density at radius 2 is 1.90 bits per heavy atom. The zero-order valence-electron chi connectivity index (χ0n) is 10.5. The Labute approximate surface area is 118 Å². The second kappa shape index (κ2) is 6.09. The minimum absolute atomic E-state index is 0.196. The van der Waals surface area contributed by atoms with Crippen molar-refractivity contribution in [2.75, 3.05) is 7.11 Å². The molecule has 108 valence electrons. The van der Waals surface area contributed by atoms with Crippen LogP contribution in [0.25, 0.3) is 0 Å². The van der Waals surface area contributed by atoms with Gasteiger partial charge >= 0.3 is 6.18 Å². The molecule has 0 aromatic heterocycles. The summed E-state index contributed by atoms with van der Waals surface area (Å²) < 4.78 is 42.0. The SMILES string of the molecule is COC=C(C(C)=O)C(=O)c1ccc(C(F)(F)F)cc1Cl. The Hall–Kier alpha value is -1.82. The van der Waals surface area contributed by atoms with Gasteiger partial charge in [-0.05, 0) is 25.1 Å². The molecule has 7 heteroatoms. The second-order valence-corrected chi connectivity index (χ2v) is 4.25. The van der Waals surface area contributed by atoms with Crippen molar-refractivity contribution in [2.45, 2.75) is 13.1 Å². The van der Waals surface area contributed by atoms with Gasteiger partial charge in [-0.1, -0.05) is 11.6 Å². The van der Waals surface area contributed by atoms with Gasteiger partial charge in [-0.15, -0.1) is 0 Å². The van der Waals surface area contributed by atoms with Crippen LogP contribution in [0, 0.1) is 0 Å². The fourth-order valence-corrected chi connectivity index (χ4v) is 1.70. The first-order valence-corrected chi connectivity index (χ1v) is 5.71. The summed E-state index contributed by atoms with van der Waals surface area (Å²) in [6.07, 6.45) is -3.63. The van der Waals surface area contributed by atoms with Gasteiger partial charge in [0, 0.05) is 5.56 Å². The lowest BCUT2D eigenvalue weighted by atomic mass is 10.0. The number of benzene rings is 1. The van der Waals surface area contributed by atoms with Crippen molar-refractivity contribution in [3.8, 4) is 0 Å². The molecule has 0 atom stereocenters. The van der Waals surface area contributed by atoms with Crippen molar-refractivity contribution < 1.29 is 27.5 Å². The molecule has 1 aromatic carbocycles. The molecule has 0 unspecified atom stereocenters. The third kappa shape index (κ3) is 3.60. The Morgan fingerprint density at radius 1 is 1.30 bits per heavy atom. The van der Waals surface area contributed by atoms with Gasteiger partial charge < -0.3 is 4.74 Å². The molecule has 20 heavy (non-hydrogen) atoms. The molecule has 3 nitrogen and oxygen atoms in total. The van der Waals surface area contributed by atoms with Crippen LogP contribution in [0.2, 0.25) is 5.02 Å². The zero-order valence-corrected chi connectivity index (χ0v) is 11.3. The Balaban J connectivity index is 3.25. The summed E-state index contributed by atoms with van der Waals surface area (Å²) in [5.74, 6) is -1.37. The topological polar surface area (TPSA) is 43.4 Å². The molecule has 0 bridgehead atoms. The largest absolute Gasteiger partial charge is 0.503 e. The average Bonchev–Trinajstić information content (AvgIpc) is 2.33. The molecule has 0 aliphatic carbocycles. The number of ketones is 2. The molecule has 0 aliphatic rings. The monoisotopic (exact) mass is 306 g/mol. The van der Waals surface area contributed by atoms with E-state index in [2.05, 4.69) is 4.74 Å². The molecule has 0 saturated heterocycles. The number of carbonyl (C=O) groups excluding carboxylic acids is 2. The van der Waals surface area contributed by atoms with Crippen molar-refractivity contribution in [3.63, 3.8) is 0 Å². The predicted octanol–water partition coefficient (Wildman–Crippen LogP) is 3.66. The summed E-state index contributed by atoms with van der Waals surface area (Å²) in [5.41, 5.74) is -1.47. The molecule has 0 amide bonds. The van der Waals surface area contributed by atoms with E-state index in [4.69, 9.17) is 11.6 Å². The summed E-state index contributed by atoms with van der Waals surface area (Å²) in [6, 6.07) is 2.29. The highest BCUT2D eigenvalue weighted by Gasteiger charge is 2.31. The molecule has 0 radical (unpaired) electrons. The van der Waals surface area contributed by atoms with Gasteiger partial charge in [0.15, 0.2) is 5.78 Å². The highest BCUT2D eigenvalue weighted by atomic mass is 35.5. The fraction of sp³-hybridized carbons (Fsp3) is 0.231. The first-order chi connectivity index (χ1) is 9.18. The molecule has 0 heterocycles. The Morgan fingerprint density at radius 3 is 2.30 bits per heavy atom. The molecule has 0 fully saturated rings. The van der Waals surface area contributed by atoms with E-state index in [9.17, 15) is 22.8 Å². The maximum absolute atomic E-state index is 12.5. The van der Waals surface area contributed by atoms with Gasteiger partial charge in [-0.25, -0.2) is 0 Å². The number of methoxy groups -OCH3 is 1. The van der Waals surface area contributed by atoms with Gasteiger partial charge in [0.1, 0.15) is 0 Å². The van der Waals surface area contributed by atoms with Crippen LogP contribution < -0.4 is 0 Å². The number of allylic oxidation sites excluding steroid dienone is 1. The molecule has 0 saturated carbocycles. The summed E-state index contributed by atoms with van der Waals surface area (Å²) in [5, 5.41) is -0.381. The predicted molar refractivity (Wildman–Crippen MR) is 66.6 cm³/mol. The maximum atomic E-state index is 12.5. The second-order valence-electron chi connectivity index (χ2n) is 3.84. The number of Topliss-reactive ketones (excluding diaryl/α,β-unsaturated/α-hetero) is 2. The lowest BCUT2D eigenvalue weighted by Gasteiger charge is -2.10. The van der Waals surface area contributed by atoms with E-state index >= 15 is 0 Å². The summed E-state index contributed by atoms with van der Waals surface area (Å²) in [7, 11) is 1.24. The third-order valence-corrected chi connectivity index (χ3v) is 2.71. The van der Waals surface area contributed by atoms with Crippen LogP contribution in [0.4, 0.5) is 13.2 Å². The van der Waals surface area contributed by atoms with E-state index in [1.807, 2.05) is 0 Å². The Kier molecular flexibility index (Phi) is 4.94. The lowest BCUT2D eigenvalue weighted by molar-refractivity contribution is -0.137. The molecule has 0 aliphatic heterocycles. The normalized spacial score (nSPS) is 12.2. The van der Waals surface area contributed by atoms with Crippen LogP contribution in [0.15, 0.2) is 30.0 Å². The van der Waals surface area contributed by atoms with Crippen LogP contribution in [-0.4, -0.2) is 18.7 Å². The average molecular weight is 307 g/mol. The van der Waals surface area contributed by atoms with Gasteiger partial charge in [0.2, 0.25) is 5.78 Å². The van der Waals surface area contributed by atoms with Crippen LogP contribution in [0.1, 0.15) is 22.8 Å². The molecule has 1 rings (SSSR count). The van der Waals surface area contributed by atoms with Crippen molar-refractivity contribution in [1.82, 2.24) is 0 Å². The van der Waals surface area contributed by atoms with Crippen molar-refractivity contribution in [3.05, 3.63) is 46.2 Å². The van der Waals surface area contributed by atoms with Gasteiger partial charge in [-0.3, -0.25) is 9.59 Å². The quantitative estimate of drug-likeness (QED) is 0.280. The van der Waals surface area contributed by atoms with Gasteiger partial charge in [0.05, 0.1) is 29.5 Å². The molecule has 0 N–H and O–H groups in total. The van der Waals surface area contributed by atoms with Crippen LogP contribution in [-0.2, 0) is 15.7 Å². The van der Waals surface area contributed by atoms with E-state index in [1.165, 1.54) is 7.11 Å².